The molecular weight excluding hydrogens is 406 g/mol. The average Bonchev–Trinajstić information content (AvgIpc) is 2.64. The van der Waals surface area contributed by atoms with Crippen LogP contribution in [0.1, 0.15) is 29.3 Å². The molecule has 2 saturated carbocycles. The Morgan fingerprint density at radius 1 is 1.19 bits per heavy atom. The monoisotopic (exact) mass is 429 g/mol. The van der Waals surface area contributed by atoms with E-state index < -0.39 is 69.6 Å². The van der Waals surface area contributed by atoms with E-state index in [1.807, 2.05) is 0 Å². The van der Waals surface area contributed by atoms with E-state index in [9.17, 15) is 34.2 Å². The topological polar surface area (TPSA) is 168 Å². The highest BCUT2D eigenvalue weighted by atomic mass is 16.3. The highest BCUT2D eigenvalue weighted by molar-refractivity contribution is 6.32. The SMILES string of the molecule is CN(C)C1C(=O)C(C(N)=O)C(=O)C2(O)C(=O)C3C(=O)c4c(O)cncc4CC3(C)CC12. The standard InChI is InChI=1S/C21H23N3O7/c1-20-4-8-6-23-7-10(25)11(8)15(26)13(20)18(29)21(31)9(5-20)14(24(2)3)16(27)12(17(21)28)19(22)30/h6-7,9,12-14,25,31H,4-5H2,1-3H3,(H2,22,30). The van der Waals surface area contributed by atoms with Gasteiger partial charge >= 0.3 is 0 Å². The first-order chi connectivity index (χ1) is 14.4. The van der Waals surface area contributed by atoms with Gasteiger partial charge in [-0.3, -0.25) is 33.9 Å². The summed E-state index contributed by atoms with van der Waals surface area (Å²) in [6, 6.07) is -1.12. The second kappa shape index (κ2) is 6.51. The van der Waals surface area contributed by atoms with Gasteiger partial charge in [0.05, 0.1) is 23.7 Å². The number of fused-ring (bicyclic) bond motifs is 3. The van der Waals surface area contributed by atoms with Crippen molar-refractivity contribution in [2.45, 2.75) is 31.4 Å². The van der Waals surface area contributed by atoms with Gasteiger partial charge in [-0.05, 0) is 37.9 Å². The van der Waals surface area contributed by atoms with E-state index in [4.69, 9.17) is 5.73 Å². The largest absolute Gasteiger partial charge is 0.506 e. The van der Waals surface area contributed by atoms with Crippen LogP contribution in [0.15, 0.2) is 12.4 Å². The predicted molar refractivity (Wildman–Crippen MR) is 104 cm³/mol. The fourth-order valence-electron chi connectivity index (χ4n) is 5.83. The second-order valence-electron chi connectivity index (χ2n) is 9.27. The molecule has 6 atom stereocenters. The third-order valence-corrected chi connectivity index (χ3v) is 7.10. The Kier molecular flexibility index (Phi) is 4.46. The molecule has 10 nitrogen and oxygen atoms in total. The maximum atomic E-state index is 13.6. The van der Waals surface area contributed by atoms with E-state index in [1.165, 1.54) is 11.1 Å². The van der Waals surface area contributed by atoms with Crippen LogP contribution in [0.3, 0.4) is 0 Å². The van der Waals surface area contributed by atoms with Crippen LogP contribution in [0.25, 0.3) is 0 Å². The number of aromatic nitrogens is 1. The summed E-state index contributed by atoms with van der Waals surface area (Å²) in [4.78, 5) is 70.3. The van der Waals surface area contributed by atoms with Crippen molar-refractivity contribution < 1.29 is 34.2 Å². The summed E-state index contributed by atoms with van der Waals surface area (Å²) in [5.41, 5.74) is 1.91. The Morgan fingerprint density at radius 3 is 2.42 bits per heavy atom. The van der Waals surface area contributed by atoms with Crippen LogP contribution in [0.2, 0.25) is 0 Å². The first-order valence-corrected chi connectivity index (χ1v) is 9.86. The van der Waals surface area contributed by atoms with Crippen molar-refractivity contribution in [1.82, 2.24) is 9.88 Å². The zero-order chi connectivity index (χ0) is 23.0. The smallest absolute Gasteiger partial charge is 0.235 e. The average molecular weight is 429 g/mol. The van der Waals surface area contributed by atoms with Crippen molar-refractivity contribution in [2.75, 3.05) is 14.1 Å². The molecule has 0 aromatic carbocycles. The molecule has 0 radical (unpaired) electrons. The third kappa shape index (κ3) is 2.58. The van der Waals surface area contributed by atoms with Gasteiger partial charge in [0.25, 0.3) is 0 Å². The summed E-state index contributed by atoms with van der Waals surface area (Å²) < 4.78 is 0. The van der Waals surface area contributed by atoms with Crippen LogP contribution >= 0.6 is 0 Å². The molecule has 0 aliphatic heterocycles. The summed E-state index contributed by atoms with van der Waals surface area (Å²) in [6.07, 6.45) is 2.69. The number of amides is 1. The summed E-state index contributed by atoms with van der Waals surface area (Å²) in [5.74, 6) is -10.0. The number of likely N-dealkylation sites (N-methyl/N-ethyl adjacent to an activating group) is 1. The number of primary amides is 1. The fourth-order valence-corrected chi connectivity index (χ4v) is 5.83. The number of aromatic hydroxyl groups is 1. The highest BCUT2D eigenvalue weighted by Gasteiger charge is 2.71. The lowest BCUT2D eigenvalue weighted by molar-refractivity contribution is -0.185. The van der Waals surface area contributed by atoms with Gasteiger partial charge < -0.3 is 15.9 Å². The molecule has 1 aromatic heterocycles. The maximum Gasteiger partial charge on any atom is 0.235 e. The Morgan fingerprint density at radius 2 is 1.84 bits per heavy atom. The Bertz CT molecular complexity index is 1070. The Balaban J connectivity index is 1.92. The second-order valence-corrected chi connectivity index (χ2v) is 9.27. The molecule has 1 aromatic rings. The minimum atomic E-state index is -2.72. The van der Waals surface area contributed by atoms with E-state index in [0.717, 1.165) is 6.20 Å². The summed E-state index contributed by atoms with van der Waals surface area (Å²) in [5, 5.41) is 21.6. The molecule has 164 valence electrons. The number of nitrogens with zero attached hydrogens (tertiary/aromatic N) is 2. The highest BCUT2D eigenvalue weighted by Crippen LogP contribution is 2.56. The fraction of sp³-hybridized carbons (Fsp3) is 0.524. The predicted octanol–water partition coefficient (Wildman–Crippen LogP) is -1.35. The van der Waals surface area contributed by atoms with Gasteiger partial charge in [-0.25, -0.2) is 0 Å². The molecule has 3 aliphatic carbocycles. The molecular formula is C21H23N3O7. The van der Waals surface area contributed by atoms with Crippen LogP contribution < -0.4 is 5.73 Å². The molecule has 1 heterocycles. The Labute approximate surface area is 177 Å². The van der Waals surface area contributed by atoms with Crippen molar-refractivity contribution in [1.29, 1.82) is 0 Å². The molecule has 1 amide bonds. The number of carbonyl (C=O) groups is 5. The van der Waals surface area contributed by atoms with Gasteiger partial charge in [0, 0.05) is 12.1 Å². The van der Waals surface area contributed by atoms with Gasteiger partial charge in [0.2, 0.25) is 5.91 Å². The summed E-state index contributed by atoms with van der Waals surface area (Å²) >= 11 is 0. The van der Waals surface area contributed by atoms with Crippen molar-refractivity contribution >= 4 is 29.0 Å². The van der Waals surface area contributed by atoms with Crippen molar-refractivity contribution in [2.24, 2.45) is 28.9 Å². The molecule has 4 rings (SSSR count). The molecule has 3 aliphatic rings. The zero-order valence-electron chi connectivity index (χ0n) is 17.3. The van der Waals surface area contributed by atoms with Gasteiger partial charge in [-0.15, -0.1) is 0 Å². The van der Waals surface area contributed by atoms with E-state index >= 15 is 0 Å². The molecule has 6 unspecified atom stereocenters. The number of Topliss-reactive ketones (excluding diaryl/α,β-unsaturated/α-hetero) is 4. The molecule has 0 bridgehead atoms. The lowest BCUT2D eigenvalue weighted by atomic mass is 9.47. The van der Waals surface area contributed by atoms with Crippen LogP contribution in [-0.4, -0.2) is 74.9 Å². The van der Waals surface area contributed by atoms with Crippen LogP contribution in [0.5, 0.6) is 5.75 Å². The van der Waals surface area contributed by atoms with Crippen LogP contribution in [0, 0.1) is 23.2 Å². The summed E-state index contributed by atoms with van der Waals surface area (Å²) in [7, 11) is 3.08. The van der Waals surface area contributed by atoms with Crippen molar-refractivity contribution in [3.05, 3.63) is 23.5 Å². The van der Waals surface area contributed by atoms with E-state index in [2.05, 4.69) is 4.98 Å². The third-order valence-electron chi connectivity index (χ3n) is 7.10. The van der Waals surface area contributed by atoms with Crippen molar-refractivity contribution in [3.8, 4) is 5.75 Å². The molecule has 2 fully saturated rings. The van der Waals surface area contributed by atoms with E-state index in [-0.39, 0.29) is 18.4 Å². The number of ketones is 4. The number of pyridine rings is 1. The maximum absolute atomic E-state index is 13.6. The summed E-state index contributed by atoms with van der Waals surface area (Å²) in [6.45, 7) is 1.68. The molecule has 4 N–H and O–H groups in total. The minimum absolute atomic E-state index is 0.00739. The Hall–Kier alpha value is -2.98. The lowest BCUT2D eigenvalue weighted by Gasteiger charge is -2.56. The van der Waals surface area contributed by atoms with E-state index in [1.54, 1.807) is 21.0 Å². The number of hydrogen-bond acceptors (Lipinski definition) is 9. The molecule has 31 heavy (non-hydrogen) atoms. The van der Waals surface area contributed by atoms with Gasteiger partial charge in [0.1, 0.15) is 5.75 Å². The first-order valence-electron chi connectivity index (χ1n) is 9.86. The normalized spacial score (nSPS) is 37.3. The van der Waals surface area contributed by atoms with Gasteiger partial charge in [-0.2, -0.15) is 0 Å². The van der Waals surface area contributed by atoms with Crippen LogP contribution in [0.4, 0.5) is 0 Å². The van der Waals surface area contributed by atoms with Gasteiger partial charge in [-0.1, -0.05) is 6.92 Å². The number of nitrogens with two attached hydrogens (primary N) is 1. The van der Waals surface area contributed by atoms with E-state index in [0.29, 0.717) is 5.56 Å². The number of hydrogen-bond donors (Lipinski definition) is 3. The first kappa shape index (κ1) is 21.3. The number of carbonyl (C=O) groups excluding carboxylic acids is 5. The number of rotatable bonds is 2. The van der Waals surface area contributed by atoms with Crippen LogP contribution in [-0.2, 0) is 25.6 Å². The zero-order valence-corrected chi connectivity index (χ0v) is 17.3. The molecule has 0 saturated heterocycles. The molecule has 10 heteroatoms. The lowest BCUT2D eigenvalue weighted by Crippen LogP contribution is -2.75. The quantitative estimate of drug-likeness (QED) is 0.481. The van der Waals surface area contributed by atoms with Crippen molar-refractivity contribution in [3.63, 3.8) is 0 Å². The molecule has 0 spiro atoms. The van der Waals surface area contributed by atoms with Gasteiger partial charge in [0.15, 0.2) is 34.7 Å². The minimum Gasteiger partial charge on any atom is -0.506 e. The number of aliphatic hydroxyl groups is 1.